The zero-order valence-corrected chi connectivity index (χ0v) is 8.71. The molecule has 0 fully saturated rings. The Labute approximate surface area is 90.6 Å². The maximum atomic E-state index is 12.0. The van der Waals surface area contributed by atoms with Gasteiger partial charge >= 0.3 is 6.18 Å². The predicted molar refractivity (Wildman–Crippen MR) is 51.5 cm³/mol. The highest BCUT2D eigenvalue weighted by Crippen LogP contribution is 2.21. The molecule has 2 N–H and O–H groups in total. The summed E-state index contributed by atoms with van der Waals surface area (Å²) < 4.78 is 40.8. The molecule has 1 aromatic rings. The molecule has 0 aromatic carbocycles. The largest absolute Gasteiger partial charge is 0.389 e. The van der Waals surface area contributed by atoms with Crippen LogP contribution in [-0.4, -0.2) is 23.3 Å². The molecule has 0 saturated heterocycles. The van der Waals surface area contributed by atoms with E-state index in [1.54, 1.807) is 0 Å². The number of rotatable bonds is 4. The molecule has 0 saturated carbocycles. The van der Waals surface area contributed by atoms with Crippen molar-refractivity contribution >= 4 is 5.82 Å². The van der Waals surface area contributed by atoms with Crippen molar-refractivity contribution in [1.82, 2.24) is 9.97 Å². The van der Waals surface area contributed by atoms with Gasteiger partial charge in [0.25, 0.3) is 0 Å². The van der Waals surface area contributed by atoms with Crippen LogP contribution in [0.2, 0.25) is 0 Å². The number of alkyl halides is 3. The van der Waals surface area contributed by atoms with E-state index in [-0.39, 0.29) is 24.7 Å². The number of aryl methyl sites for hydroxylation is 1. The first-order valence-electron chi connectivity index (χ1n) is 4.58. The summed E-state index contributed by atoms with van der Waals surface area (Å²) in [5.41, 5.74) is 5.92. The quantitative estimate of drug-likeness (QED) is 0.862. The Morgan fingerprint density at radius 2 is 2.06 bits per heavy atom. The SMILES string of the molecule is COCc1cc(N)nc(CCC(F)(F)F)n1. The number of ether oxygens (including phenoxy) is 1. The first kappa shape index (κ1) is 12.7. The van der Waals surface area contributed by atoms with E-state index in [0.717, 1.165) is 0 Å². The van der Waals surface area contributed by atoms with Crippen molar-refractivity contribution in [1.29, 1.82) is 0 Å². The van der Waals surface area contributed by atoms with Crippen molar-refractivity contribution in [3.63, 3.8) is 0 Å². The third-order valence-corrected chi connectivity index (χ3v) is 1.77. The van der Waals surface area contributed by atoms with Gasteiger partial charge in [-0.2, -0.15) is 13.2 Å². The maximum absolute atomic E-state index is 12.0. The van der Waals surface area contributed by atoms with Crippen LogP contribution in [-0.2, 0) is 17.8 Å². The number of hydrogen-bond donors (Lipinski definition) is 1. The lowest BCUT2D eigenvalue weighted by Crippen LogP contribution is -2.11. The zero-order chi connectivity index (χ0) is 12.2. The summed E-state index contributed by atoms with van der Waals surface area (Å²) in [6.07, 6.45) is -5.44. The third kappa shape index (κ3) is 4.43. The molecule has 0 radical (unpaired) electrons. The molecule has 0 bridgehead atoms. The van der Waals surface area contributed by atoms with Gasteiger partial charge in [0.1, 0.15) is 11.6 Å². The summed E-state index contributed by atoms with van der Waals surface area (Å²) in [4.78, 5) is 7.64. The number of nitrogens with two attached hydrogens (primary N) is 1. The van der Waals surface area contributed by atoms with Gasteiger partial charge in [-0.3, -0.25) is 0 Å². The molecule has 90 valence electrons. The minimum absolute atomic E-state index is 0.0874. The minimum Gasteiger partial charge on any atom is -0.384 e. The summed E-state index contributed by atoms with van der Waals surface area (Å²) >= 11 is 0. The van der Waals surface area contributed by atoms with Crippen molar-refractivity contribution in [2.24, 2.45) is 0 Å². The standard InChI is InChI=1S/C9H12F3N3O/c1-16-5-6-4-7(13)15-8(14-6)2-3-9(10,11)12/h4H,2-3,5H2,1H3,(H2,13,14,15). The molecular weight excluding hydrogens is 223 g/mol. The second-order valence-corrected chi connectivity index (χ2v) is 3.25. The van der Waals surface area contributed by atoms with Crippen LogP contribution in [0.25, 0.3) is 0 Å². The summed E-state index contributed by atoms with van der Waals surface area (Å²) in [5, 5.41) is 0. The lowest BCUT2D eigenvalue weighted by atomic mass is 10.2. The van der Waals surface area contributed by atoms with Gasteiger partial charge in [-0.1, -0.05) is 0 Å². The van der Waals surface area contributed by atoms with E-state index in [0.29, 0.717) is 5.69 Å². The summed E-state index contributed by atoms with van der Waals surface area (Å²) in [6.45, 7) is 0.200. The van der Waals surface area contributed by atoms with Gasteiger partial charge in [0.2, 0.25) is 0 Å². The fourth-order valence-electron chi connectivity index (χ4n) is 1.16. The molecule has 0 aliphatic heterocycles. The van der Waals surface area contributed by atoms with Crippen LogP contribution in [0, 0.1) is 0 Å². The van der Waals surface area contributed by atoms with Crippen LogP contribution in [0.4, 0.5) is 19.0 Å². The normalized spacial score (nSPS) is 11.8. The van der Waals surface area contributed by atoms with Gasteiger partial charge in [0.05, 0.1) is 18.7 Å². The van der Waals surface area contributed by atoms with Crippen molar-refractivity contribution in [3.05, 3.63) is 17.6 Å². The van der Waals surface area contributed by atoms with Crippen LogP contribution >= 0.6 is 0 Å². The topological polar surface area (TPSA) is 61.0 Å². The van der Waals surface area contributed by atoms with Gasteiger partial charge in [-0.25, -0.2) is 9.97 Å². The van der Waals surface area contributed by atoms with E-state index in [9.17, 15) is 13.2 Å². The number of halogens is 3. The Morgan fingerprint density at radius 3 is 2.62 bits per heavy atom. The monoisotopic (exact) mass is 235 g/mol. The first-order valence-corrected chi connectivity index (χ1v) is 4.58. The number of aromatic nitrogens is 2. The molecule has 1 aromatic heterocycles. The van der Waals surface area contributed by atoms with Gasteiger partial charge in [-0.15, -0.1) is 0 Å². The summed E-state index contributed by atoms with van der Waals surface area (Å²) in [7, 11) is 1.47. The molecule has 16 heavy (non-hydrogen) atoms. The predicted octanol–water partition coefficient (Wildman–Crippen LogP) is 1.70. The second-order valence-electron chi connectivity index (χ2n) is 3.25. The molecule has 0 spiro atoms. The molecule has 0 atom stereocenters. The second kappa shape index (κ2) is 5.11. The van der Waals surface area contributed by atoms with E-state index in [4.69, 9.17) is 10.5 Å². The lowest BCUT2D eigenvalue weighted by molar-refractivity contribution is -0.134. The summed E-state index contributed by atoms with van der Waals surface area (Å²) in [6, 6.07) is 1.47. The lowest BCUT2D eigenvalue weighted by Gasteiger charge is -2.07. The molecule has 1 rings (SSSR count). The first-order chi connectivity index (χ1) is 7.40. The molecule has 0 unspecified atom stereocenters. The Morgan fingerprint density at radius 1 is 1.38 bits per heavy atom. The van der Waals surface area contributed by atoms with E-state index in [2.05, 4.69) is 9.97 Å². The molecule has 0 aliphatic carbocycles. The Hall–Kier alpha value is -1.37. The fraction of sp³-hybridized carbons (Fsp3) is 0.556. The summed E-state index contributed by atoms with van der Waals surface area (Å²) in [5.74, 6) is 0.239. The fourth-order valence-corrected chi connectivity index (χ4v) is 1.16. The molecule has 1 heterocycles. The number of methoxy groups -OCH3 is 1. The molecule has 4 nitrogen and oxygen atoms in total. The highest BCUT2D eigenvalue weighted by atomic mass is 19.4. The van der Waals surface area contributed by atoms with E-state index in [1.807, 2.05) is 0 Å². The van der Waals surface area contributed by atoms with Crippen LogP contribution in [0.5, 0.6) is 0 Å². The van der Waals surface area contributed by atoms with E-state index in [1.165, 1.54) is 13.2 Å². The van der Waals surface area contributed by atoms with Crippen molar-refractivity contribution in [2.75, 3.05) is 12.8 Å². The number of nitrogen functional groups attached to an aromatic ring is 1. The van der Waals surface area contributed by atoms with Gasteiger partial charge in [-0.05, 0) is 0 Å². The Kier molecular flexibility index (Phi) is 4.05. The van der Waals surface area contributed by atoms with E-state index >= 15 is 0 Å². The molecule has 7 heteroatoms. The number of anilines is 1. The Balaban J connectivity index is 2.72. The maximum Gasteiger partial charge on any atom is 0.389 e. The average molecular weight is 235 g/mol. The van der Waals surface area contributed by atoms with Crippen molar-refractivity contribution < 1.29 is 17.9 Å². The molecular formula is C9H12F3N3O. The average Bonchev–Trinajstić information content (AvgIpc) is 2.13. The zero-order valence-electron chi connectivity index (χ0n) is 8.71. The number of hydrogen-bond acceptors (Lipinski definition) is 4. The van der Waals surface area contributed by atoms with Crippen LogP contribution in [0.1, 0.15) is 17.9 Å². The van der Waals surface area contributed by atoms with Crippen LogP contribution in [0.15, 0.2) is 6.07 Å². The third-order valence-electron chi connectivity index (χ3n) is 1.77. The Bertz CT molecular complexity index is 354. The highest BCUT2D eigenvalue weighted by molar-refractivity contribution is 5.29. The molecule has 0 aliphatic rings. The highest BCUT2D eigenvalue weighted by Gasteiger charge is 2.27. The number of nitrogens with zero attached hydrogens (tertiary/aromatic N) is 2. The van der Waals surface area contributed by atoms with Gasteiger partial charge in [0.15, 0.2) is 0 Å². The van der Waals surface area contributed by atoms with Crippen molar-refractivity contribution in [2.45, 2.75) is 25.6 Å². The van der Waals surface area contributed by atoms with Crippen LogP contribution in [0.3, 0.4) is 0 Å². The molecule has 0 amide bonds. The van der Waals surface area contributed by atoms with Crippen LogP contribution < -0.4 is 5.73 Å². The van der Waals surface area contributed by atoms with E-state index < -0.39 is 12.6 Å². The van der Waals surface area contributed by atoms with Gasteiger partial charge in [0, 0.05) is 19.6 Å². The minimum atomic E-state index is -4.21. The van der Waals surface area contributed by atoms with Crippen molar-refractivity contribution in [3.8, 4) is 0 Å². The van der Waals surface area contributed by atoms with Gasteiger partial charge < -0.3 is 10.5 Å². The smallest absolute Gasteiger partial charge is 0.384 e.